The number of para-hydroxylation sites is 1. The monoisotopic (exact) mass is 450 g/mol. The Morgan fingerprint density at radius 1 is 1.14 bits per heavy atom. The first kappa shape index (κ1) is 22.0. The van der Waals surface area contributed by atoms with Crippen LogP contribution < -0.4 is 5.32 Å². The van der Waals surface area contributed by atoms with E-state index in [1.165, 1.54) is 5.56 Å². The summed E-state index contributed by atoms with van der Waals surface area (Å²) in [6, 6.07) is 11.6. The number of aromatic nitrogens is 1. The van der Waals surface area contributed by atoms with Crippen LogP contribution in [0.1, 0.15) is 41.8 Å². The van der Waals surface area contributed by atoms with E-state index in [2.05, 4.69) is 29.8 Å². The molecule has 0 saturated carbocycles. The number of benzene rings is 2. The number of nitrogens with one attached hydrogen (secondary N) is 1. The Kier molecular flexibility index (Phi) is 7.50. The molecule has 0 bridgehead atoms. The van der Waals surface area contributed by atoms with Crippen molar-refractivity contribution in [3.8, 4) is 0 Å². The number of alkyl halides is 1. The molecule has 0 saturated heterocycles. The Balaban J connectivity index is 1.91. The molecule has 3 rings (SSSR count). The first-order valence-corrected chi connectivity index (χ1v) is 11.1. The minimum absolute atomic E-state index is 0.104. The van der Waals surface area contributed by atoms with Crippen LogP contribution in [0.2, 0.25) is 10.0 Å². The molecule has 3 nitrogen and oxygen atoms in total. The van der Waals surface area contributed by atoms with Crippen LogP contribution >= 0.6 is 34.8 Å². The molecule has 0 aliphatic heterocycles. The molecule has 0 unspecified atom stereocenters. The number of fused-ring (bicyclic) bond motifs is 1. The topological polar surface area (TPSA) is 34.0 Å². The van der Waals surface area contributed by atoms with Crippen LogP contribution in [0, 0.1) is 5.92 Å². The first-order valence-electron chi connectivity index (χ1n) is 9.79. The standard InChI is InChI=1S/C23H25Cl3N2O/c1-15(2)11-17-5-3-6-18-19(14-28(22(17)18)10-4-9-24)23(29)27-13-16-7-8-20(25)21(26)12-16/h3,5-8,12,14-15H,4,9-11,13H2,1-2H3,(H,27,29). The molecule has 1 heterocycles. The van der Waals surface area contributed by atoms with Gasteiger partial charge in [-0.1, -0.05) is 61.3 Å². The summed E-state index contributed by atoms with van der Waals surface area (Å²) in [5.41, 5.74) is 3.97. The predicted octanol–water partition coefficient (Wildman–Crippen LogP) is 6.71. The lowest BCUT2D eigenvalue weighted by molar-refractivity contribution is 0.0952. The van der Waals surface area contributed by atoms with E-state index in [1.807, 2.05) is 24.4 Å². The second-order valence-electron chi connectivity index (χ2n) is 7.62. The second kappa shape index (κ2) is 9.88. The van der Waals surface area contributed by atoms with Gasteiger partial charge in [0.25, 0.3) is 5.91 Å². The quantitative estimate of drug-likeness (QED) is 0.380. The lowest BCUT2D eigenvalue weighted by Crippen LogP contribution is -2.22. The molecule has 154 valence electrons. The fourth-order valence-electron chi connectivity index (χ4n) is 3.56. The Morgan fingerprint density at radius 3 is 2.62 bits per heavy atom. The first-order chi connectivity index (χ1) is 13.9. The van der Waals surface area contributed by atoms with Gasteiger partial charge in [-0.25, -0.2) is 0 Å². The van der Waals surface area contributed by atoms with E-state index in [1.54, 1.807) is 12.1 Å². The highest BCUT2D eigenvalue weighted by atomic mass is 35.5. The van der Waals surface area contributed by atoms with Gasteiger partial charge >= 0.3 is 0 Å². The van der Waals surface area contributed by atoms with Crippen molar-refractivity contribution in [3.05, 3.63) is 69.3 Å². The fraction of sp³-hybridized carbons (Fsp3) is 0.348. The van der Waals surface area contributed by atoms with Crippen molar-refractivity contribution >= 4 is 51.6 Å². The fourth-order valence-corrected chi connectivity index (χ4v) is 4.00. The lowest BCUT2D eigenvalue weighted by Gasteiger charge is -2.11. The van der Waals surface area contributed by atoms with E-state index in [-0.39, 0.29) is 5.91 Å². The molecule has 6 heteroatoms. The van der Waals surface area contributed by atoms with Gasteiger partial charge in [0, 0.05) is 30.6 Å². The van der Waals surface area contributed by atoms with E-state index in [9.17, 15) is 4.79 Å². The molecule has 29 heavy (non-hydrogen) atoms. The third-order valence-electron chi connectivity index (χ3n) is 4.82. The van der Waals surface area contributed by atoms with Gasteiger partial charge < -0.3 is 9.88 Å². The van der Waals surface area contributed by atoms with Crippen molar-refractivity contribution in [1.82, 2.24) is 9.88 Å². The van der Waals surface area contributed by atoms with Crippen molar-refractivity contribution < 1.29 is 4.79 Å². The summed E-state index contributed by atoms with van der Waals surface area (Å²) in [6.45, 7) is 5.58. The van der Waals surface area contributed by atoms with Crippen molar-refractivity contribution in [2.24, 2.45) is 5.92 Å². The van der Waals surface area contributed by atoms with Crippen LogP contribution in [0.15, 0.2) is 42.6 Å². The van der Waals surface area contributed by atoms with E-state index < -0.39 is 0 Å². The number of hydrogen-bond acceptors (Lipinski definition) is 1. The zero-order chi connectivity index (χ0) is 21.0. The molecule has 0 aliphatic carbocycles. The zero-order valence-corrected chi connectivity index (χ0v) is 18.9. The van der Waals surface area contributed by atoms with Crippen LogP contribution in [0.4, 0.5) is 0 Å². The number of carbonyl (C=O) groups excluding carboxylic acids is 1. The number of nitrogens with zero attached hydrogens (tertiary/aromatic N) is 1. The number of halogens is 3. The minimum Gasteiger partial charge on any atom is -0.348 e. The summed E-state index contributed by atoms with van der Waals surface area (Å²) in [5, 5.41) is 4.96. The third-order valence-corrected chi connectivity index (χ3v) is 5.83. The molecule has 0 radical (unpaired) electrons. The van der Waals surface area contributed by atoms with Gasteiger partial charge in [0.2, 0.25) is 0 Å². The van der Waals surface area contributed by atoms with Gasteiger partial charge in [0.1, 0.15) is 0 Å². The number of carbonyl (C=O) groups is 1. The molecule has 0 atom stereocenters. The average molecular weight is 452 g/mol. The van der Waals surface area contributed by atoms with Crippen molar-refractivity contribution in [2.75, 3.05) is 5.88 Å². The summed E-state index contributed by atoms with van der Waals surface area (Å²) < 4.78 is 2.17. The van der Waals surface area contributed by atoms with Gasteiger partial charge in [0.15, 0.2) is 0 Å². The van der Waals surface area contributed by atoms with E-state index >= 15 is 0 Å². The summed E-state index contributed by atoms with van der Waals surface area (Å²) in [7, 11) is 0. The Hall–Kier alpha value is -1.68. The van der Waals surface area contributed by atoms with Crippen LogP contribution in [0.5, 0.6) is 0 Å². The van der Waals surface area contributed by atoms with E-state index in [0.29, 0.717) is 34.0 Å². The van der Waals surface area contributed by atoms with E-state index in [0.717, 1.165) is 35.9 Å². The van der Waals surface area contributed by atoms with Crippen LogP contribution in [0.25, 0.3) is 10.9 Å². The number of rotatable bonds is 8. The molecule has 1 N–H and O–H groups in total. The second-order valence-corrected chi connectivity index (χ2v) is 8.81. The minimum atomic E-state index is -0.104. The summed E-state index contributed by atoms with van der Waals surface area (Å²) in [6.07, 6.45) is 3.77. The molecule has 0 aliphatic rings. The van der Waals surface area contributed by atoms with Crippen LogP contribution in [-0.4, -0.2) is 16.4 Å². The smallest absolute Gasteiger partial charge is 0.253 e. The maximum absolute atomic E-state index is 13.0. The number of hydrogen-bond donors (Lipinski definition) is 1. The zero-order valence-electron chi connectivity index (χ0n) is 16.6. The maximum atomic E-state index is 13.0. The molecule has 1 amide bonds. The highest BCUT2D eigenvalue weighted by molar-refractivity contribution is 6.42. The van der Waals surface area contributed by atoms with Crippen LogP contribution in [0.3, 0.4) is 0 Å². The average Bonchev–Trinajstić information content (AvgIpc) is 3.06. The Morgan fingerprint density at radius 2 is 1.93 bits per heavy atom. The van der Waals surface area contributed by atoms with Crippen LogP contribution in [-0.2, 0) is 19.5 Å². The largest absolute Gasteiger partial charge is 0.348 e. The van der Waals surface area contributed by atoms with E-state index in [4.69, 9.17) is 34.8 Å². The molecule has 0 spiro atoms. The summed E-state index contributed by atoms with van der Waals surface area (Å²) in [5.74, 6) is 1.02. The van der Waals surface area contributed by atoms with Gasteiger partial charge in [0.05, 0.1) is 21.1 Å². The normalized spacial score (nSPS) is 11.4. The molecular formula is C23H25Cl3N2O. The lowest BCUT2D eigenvalue weighted by atomic mass is 9.99. The highest BCUT2D eigenvalue weighted by Gasteiger charge is 2.18. The molecule has 2 aromatic carbocycles. The predicted molar refractivity (Wildman–Crippen MR) is 123 cm³/mol. The summed E-state index contributed by atoms with van der Waals surface area (Å²) >= 11 is 18.0. The van der Waals surface area contributed by atoms with Gasteiger partial charge in [-0.05, 0) is 42.0 Å². The Bertz CT molecular complexity index is 1010. The molecule has 0 fully saturated rings. The molecular weight excluding hydrogens is 427 g/mol. The van der Waals surface area contributed by atoms with Gasteiger partial charge in [-0.3, -0.25) is 4.79 Å². The number of amides is 1. The molecule has 1 aromatic heterocycles. The number of aryl methyl sites for hydroxylation is 1. The van der Waals surface area contributed by atoms with Gasteiger partial charge in [-0.15, -0.1) is 11.6 Å². The Labute approximate surface area is 186 Å². The van der Waals surface area contributed by atoms with Crippen molar-refractivity contribution in [1.29, 1.82) is 0 Å². The SMILES string of the molecule is CC(C)Cc1cccc2c(C(=O)NCc3ccc(Cl)c(Cl)c3)cn(CCCCl)c12. The summed E-state index contributed by atoms with van der Waals surface area (Å²) in [4.78, 5) is 13.0. The van der Waals surface area contributed by atoms with Gasteiger partial charge in [-0.2, -0.15) is 0 Å². The maximum Gasteiger partial charge on any atom is 0.253 e. The van der Waals surface area contributed by atoms with Crippen molar-refractivity contribution in [2.45, 2.75) is 39.8 Å². The highest BCUT2D eigenvalue weighted by Crippen LogP contribution is 2.28. The van der Waals surface area contributed by atoms with Crippen molar-refractivity contribution in [3.63, 3.8) is 0 Å². The molecule has 3 aromatic rings. The third kappa shape index (κ3) is 5.28.